The SMILES string of the molecule is Br.CCC(C)N1CCN(C2NC(N(C)C)SS2)CC1. The minimum absolute atomic E-state index is 0. The van der Waals surface area contributed by atoms with Crippen molar-refractivity contribution in [2.45, 2.75) is 37.3 Å². The van der Waals surface area contributed by atoms with Crippen LogP contribution < -0.4 is 5.32 Å². The van der Waals surface area contributed by atoms with E-state index in [-0.39, 0.29) is 17.0 Å². The van der Waals surface area contributed by atoms with Crippen LogP contribution in [0.1, 0.15) is 20.3 Å². The van der Waals surface area contributed by atoms with Crippen molar-refractivity contribution in [2.75, 3.05) is 40.3 Å². The molecule has 19 heavy (non-hydrogen) atoms. The second-order valence-electron chi connectivity index (χ2n) is 5.36. The Balaban J connectivity index is 0.00000180. The number of hydrogen-bond acceptors (Lipinski definition) is 6. The largest absolute Gasteiger partial charge is 0.298 e. The van der Waals surface area contributed by atoms with Gasteiger partial charge in [0.1, 0.15) is 11.0 Å². The van der Waals surface area contributed by atoms with Gasteiger partial charge in [0.15, 0.2) is 0 Å². The highest BCUT2D eigenvalue weighted by molar-refractivity contribution is 8.93. The molecule has 0 aliphatic carbocycles. The second kappa shape index (κ2) is 8.46. The van der Waals surface area contributed by atoms with E-state index in [1.165, 1.54) is 32.6 Å². The van der Waals surface area contributed by atoms with Crippen LogP contribution in [0.15, 0.2) is 0 Å². The summed E-state index contributed by atoms with van der Waals surface area (Å²) in [6.45, 7) is 9.43. The molecule has 2 aliphatic heterocycles. The third kappa shape index (κ3) is 4.76. The van der Waals surface area contributed by atoms with E-state index in [0.717, 1.165) is 6.04 Å². The van der Waals surface area contributed by atoms with Crippen LogP contribution in [0.4, 0.5) is 0 Å². The lowest BCUT2D eigenvalue weighted by atomic mass is 10.2. The molecule has 2 rings (SSSR count). The predicted molar refractivity (Wildman–Crippen MR) is 92.8 cm³/mol. The van der Waals surface area contributed by atoms with E-state index in [0.29, 0.717) is 11.0 Å². The molecule has 3 unspecified atom stereocenters. The molecular weight excluding hydrogens is 344 g/mol. The lowest BCUT2D eigenvalue weighted by molar-refractivity contribution is 0.0829. The summed E-state index contributed by atoms with van der Waals surface area (Å²) in [5.74, 6) is 0. The van der Waals surface area contributed by atoms with E-state index < -0.39 is 0 Å². The Labute approximate surface area is 136 Å². The normalized spacial score (nSPS) is 31.4. The second-order valence-corrected chi connectivity index (χ2v) is 7.79. The summed E-state index contributed by atoms with van der Waals surface area (Å²) in [5.41, 5.74) is 0.939. The van der Waals surface area contributed by atoms with E-state index in [1.54, 1.807) is 0 Å². The van der Waals surface area contributed by atoms with Crippen LogP contribution in [0.5, 0.6) is 0 Å². The Morgan fingerprint density at radius 1 is 1.21 bits per heavy atom. The monoisotopic (exact) mass is 370 g/mol. The highest BCUT2D eigenvalue weighted by Crippen LogP contribution is 2.38. The molecule has 0 saturated carbocycles. The van der Waals surface area contributed by atoms with Crippen LogP contribution in [0, 0.1) is 0 Å². The zero-order chi connectivity index (χ0) is 13.1. The van der Waals surface area contributed by atoms with Gasteiger partial charge >= 0.3 is 0 Å². The van der Waals surface area contributed by atoms with Crippen LogP contribution in [0.25, 0.3) is 0 Å². The summed E-state index contributed by atoms with van der Waals surface area (Å²) in [6.07, 6.45) is 1.26. The number of nitrogens with one attached hydrogen (secondary N) is 1. The van der Waals surface area contributed by atoms with Crippen molar-refractivity contribution >= 4 is 38.6 Å². The van der Waals surface area contributed by atoms with Gasteiger partial charge in [0.25, 0.3) is 0 Å². The zero-order valence-corrected chi connectivity index (χ0v) is 15.7. The fourth-order valence-corrected chi connectivity index (χ4v) is 5.37. The van der Waals surface area contributed by atoms with Crippen LogP contribution in [-0.2, 0) is 0 Å². The number of halogens is 1. The molecule has 2 heterocycles. The molecule has 114 valence electrons. The highest BCUT2D eigenvalue weighted by atomic mass is 79.9. The zero-order valence-electron chi connectivity index (χ0n) is 12.3. The first-order chi connectivity index (χ1) is 8.61. The van der Waals surface area contributed by atoms with Gasteiger partial charge in [0.05, 0.1) is 0 Å². The lowest BCUT2D eigenvalue weighted by Gasteiger charge is -2.40. The number of piperazine rings is 1. The summed E-state index contributed by atoms with van der Waals surface area (Å²) in [7, 11) is 8.18. The third-order valence-electron chi connectivity index (χ3n) is 3.89. The Morgan fingerprint density at radius 2 is 1.84 bits per heavy atom. The molecule has 7 heteroatoms. The average Bonchev–Trinajstić information content (AvgIpc) is 2.88. The lowest BCUT2D eigenvalue weighted by Crippen LogP contribution is -2.55. The van der Waals surface area contributed by atoms with Gasteiger partial charge in [-0.05, 0) is 27.4 Å². The molecule has 1 N–H and O–H groups in total. The van der Waals surface area contributed by atoms with Crippen molar-refractivity contribution in [1.29, 1.82) is 0 Å². The van der Waals surface area contributed by atoms with Crippen LogP contribution >= 0.6 is 38.6 Å². The Hall–Kier alpha value is 1.02. The van der Waals surface area contributed by atoms with Crippen molar-refractivity contribution in [3.63, 3.8) is 0 Å². The van der Waals surface area contributed by atoms with Crippen molar-refractivity contribution in [3.8, 4) is 0 Å². The third-order valence-corrected chi connectivity index (χ3v) is 6.78. The first kappa shape index (κ1) is 18.1. The van der Waals surface area contributed by atoms with Gasteiger partial charge in [0.2, 0.25) is 0 Å². The van der Waals surface area contributed by atoms with Crippen molar-refractivity contribution < 1.29 is 0 Å². The first-order valence-corrected chi connectivity index (χ1v) is 9.12. The molecule has 0 bridgehead atoms. The van der Waals surface area contributed by atoms with Gasteiger partial charge in [-0.1, -0.05) is 28.5 Å². The Morgan fingerprint density at radius 3 is 2.32 bits per heavy atom. The molecule has 4 nitrogen and oxygen atoms in total. The minimum Gasteiger partial charge on any atom is -0.298 e. The average molecular weight is 371 g/mol. The Kier molecular flexibility index (Phi) is 8.05. The highest BCUT2D eigenvalue weighted by Gasteiger charge is 2.33. The maximum atomic E-state index is 3.68. The van der Waals surface area contributed by atoms with Gasteiger partial charge in [-0.3, -0.25) is 20.0 Å². The van der Waals surface area contributed by atoms with Crippen molar-refractivity contribution in [2.24, 2.45) is 0 Å². The molecular formula is C12H27BrN4S2. The maximum absolute atomic E-state index is 3.68. The van der Waals surface area contributed by atoms with E-state index in [2.05, 4.69) is 48.0 Å². The molecule has 0 aromatic carbocycles. The first-order valence-electron chi connectivity index (χ1n) is 6.84. The van der Waals surface area contributed by atoms with Crippen LogP contribution in [0.3, 0.4) is 0 Å². The Bertz CT molecular complexity index is 262. The number of hydrogen-bond donors (Lipinski definition) is 1. The maximum Gasteiger partial charge on any atom is 0.120 e. The fraction of sp³-hybridized carbons (Fsp3) is 1.00. The summed E-state index contributed by atoms with van der Waals surface area (Å²) in [4.78, 5) is 7.44. The van der Waals surface area contributed by atoms with E-state index in [4.69, 9.17) is 0 Å². The molecule has 0 aromatic heterocycles. The molecule has 3 atom stereocenters. The molecule has 2 saturated heterocycles. The van der Waals surface area contributed by atoms with E-state index in [1.807, 2.05) is 21.6 Å². The molecule has 0 amide bonds. The molecule has 0 aromatic rings. The standard InChI is InChI=1S/C12H26N4S2.BrH/c1-5-10(2)15-6-8-16(9-7-15)12-13-11(14(3)4)17-18-12;/h10-13H,5-9H2,1-4H3;1H. The van der Waals surface area contributed by atoms with Gasteiger partial charge in [0, 0.05) is 32.2 Å². The minimum atomic E-state index is 0. The number of nitrogens with zero attached hydrogens (tertiary/aromatic N) is 3. The van der Waals surface area contributed by atoms with E-state index >= 15 is 0 Å². The molecule has 0 radical (unpaired) electrons. The summed E-state index contributed by atoms with van der Waals surface area (Å²) in [6, 6.07) is 0.736. The molecule has 0 spiro atoms. The smallest absolute Gasteiger partial charge is 0.120 e. The van der Waals surface area contributed by atoms with Crippen LogP contribution in [0.2, 0.25) is 0 Å². The van der Waals surface area contributed by atoms with E-state index in [9.17, 15) is 0 Å². The topological polar surface area (TPSA) is 21.8 Å². The summed E-state index contributed by atoms with van der Waals surface area (Å²) >= 11 is 0. The van der Waals surface area contributed by atoms with Crippen molar-refractivity contribution in [3.05, 3.63) is 0 Å². The summed E-state index contributed by atoms with van der Waals surface area (Å²) in [5, 5.41) is 3.68. The van der Waals surface area contributed by atoms with Crippen molar-refractivity contribution in [1.82, 2.24) is 20.0 Å². The van der Waals surface area contributed by atoms with Crippen LogP contribution in [-0.4, -0.2) is 72.0 Å². The molecule has 2 aliphatic rings. The summed E-state index contributed by atoms with van der Waals surface area (Å²) < 4.78 is 0. The predicted octanol–water partition coefficient (Wildman–Crippen LogP) is 2.09. The van der Waals surface area contributed by atoms with Gasteiger partial charge in [-0.2, -0.15) is 0 Å². The van der Waals surface area contributed by atoms with Gasteiger partial charge < -0.3 is 0 Å². The fourth-order valence-electron chi connectivity index (χ4n) is 2.36. The van der Waals surface area contributed by atoms with Gasteiger partial charge in [-0.25, -0.2) is 0 Å². The number of rotatable bonds is 4. The quantitative estimate of drug-likeness (QED) is 0.759. The molecule has 2 fully saturated rings. The van der Waals surface area contributed by atoms with Gasteiger partial charge in [-0.15, -0.1) is 17.0 Å².